The van der Waals surface area contributed by atoms with Gasteiger partial charge in [0.05, 0.1) is 24.6 Å². The highest BCUT2D eigenvalue weighted by atomic mass is 32.2. The Bertz CT molecular complexity index is 1140. The Kier molecular flexibility index (Phi) is 7.24. The minimum absolute atomic E-state index is 0.00190. The summed E-state index contributed by atoms with van der Waals surface area (Å²) in [6.07, 6.45) is 0. The first-order chi connectivity index (χ1) is 14.4. The number of nitrogens with one attached hydrogen (secondary N) is 1. The first-order valence-corrected chi connectivity index (χ1v) is 11.8. The van der Waals surface area contributed by atoms with Crippen molar-refractivity contribution >= 4 is 21.4 Å². The van der Waals surface area contributed by atoms with E-state index >= 15 is 0 Å². The number of benzene rings is 1. The van der Waals surface area contributed by atoms with Crippen LogP contribution in [0.3, 0.4) is 0 Å². The van der Waals surface area contributed by atoms with Crippen LogP contribution in [0.1, 0.15) is 13.8 Å². The minimum atomic E-state index is -3.85. The molecule has 3 aromatic rings. The summed E-state index contributed by atoms with van der Waals surface area (Å²) >= 11 is 1.51. The largest absolute Gasteiger partial charge is 0.494 e. The SMILES string of the molecule is CCOc1ccc(S(=O)(=O)NCCn2nc(-c3cccs3)ccc2=O)c(OCC)c1. The summed E-state index contributed by atoms with van der Waals surface area (Å²) in [6, 6.07) is 11.5. The lowest BCUT2D eigenvalue weighted by Crippen LogP contribution is -2.32. The second-order valence-corrected chi connectivity index (χ2v) is 8.81. The number of ether oxygens (including phenoxy) is 2. The highest BCUT2D eigenvalue weighted by molar-refractivity contribution is 7.89. The summed E-state index contributed by atoms with van der Waals surface area (Å²) in [5.74, 6) is 0.743. The van der Waals surface area contributed by atoms with Gasteiger partial charge in [-0.3, -0.25) is 4.79 Å². The predicted octanol–water partition coefficient (Wildman–Crippen LogP) is 2.75. The lowest BCUT2D eigenvalue weighted by atomic mass is 10.3. The zero-order valence-corrected chi connectivity index (χ0v) is 18.3. The molecule has 0 spiro atoms. The molecule has 3 rings (SSSR count). The maximum absolute atomic E-state index is 12.8. The van der Waals surface area contributed by atoms with Gasteiger partial charge in [-0.05, 0) is 43.5 Å². The van der Waals surface area contributed by atoms with E-state index in [1.54, 1.807) is 25.1 Å². The minimum Gasteiger partial charge on any atom is -0.494 e. The third-order valence-electron chi connectivity index (χ3n) is 4.07. The maximum atomic E-state index is 12.8. The Morgan fingerprint density at radius 3 is 2.60 bits per heavy atom. The molecular weight excluding hydrogens is 426 g/mol. The van der Waals surface area contributed by atoms with Crippen molar-refractivity contribution in [2.24, 2.45) is 0 Å². The summed E-state index contributed by atoms with van der Waals surface area (Å²) in [5.41, 5.74) is 0.364. The molecule has 10 heteroatoms. The molecule has 0 aliphatic heterocycles. The van der Waals surface area contributed by atoms with Gasteiger partial charge in [0.15, 0.2) is 0 Å². The van der Waals surface area contributed by atoms with Gasteiger partial charge in [0, 0.05) is 18.7 Å². The Balaban J connectivity index is 1.74. The lowest BCUT2D eigenvalue weighted by Gasteiger charge is -2.14. The summed E-state index contributed by atoms with van der Waals surface area (Å²) in [7, 11) is -3.85. The topological polar surface area (TPSA) is 99.5 Å². The van der Waals surface area contributed by atoms with E-state index in [0.717, 1.165) is 4.88 Å². The molecular formula is C20H23N3O5S2. The van der Waals surface area contributed by atoms with Gasteiger partial charge in [-0.25, -0.2) is 17.8 Å². The fourth-order valence-electron chi connectivity index (χ4n) is 2.76. The molecule has 1 N–H and O–H groups in total. The molecule has 0 saturated carbocycles. The quantitative estimate of drug-likeness (QED) is 0.511. The van der Waals surface area contributed by atoms with Crippen LogP contribution in [0.4, 0.5) is 0 Å². The van der Waals surface area contributed by atoms with Gasteiger partial charge in [0.25, 0.3) is 5.56 Å². The molecule has 0 bridgehead atoms. The van der Waals surface area contributed by atoms with E-state index in [0.29, 0.717) is 24.7 Å². The monoisotopic (exact) mass is 449 g/mol. The molecule has 30 heavy (non-hydrogen) atoms. The molecule has 0 fully saturated rings. The van der Waals surface area contributed by atoms with E-state index in [9.17, 15) is 13.2 Å². The number of thiophene rings is 1. The highest BCUT2D eigenvalue weighted by Crippen LogP contribution is 2.28. The fourth-order valence-corrected chi connectivity index (χ4v) is 4.60. The second-order valence-electron chi connectivity index (χ2n) is 6.13. The van der Waals surface area contributed by atoms with E-state index in [4.69, 9.17) is 9.47 Å². The van der Waals surface area contributed by atoms with Gasteiger partial charge >= 0.3 is 0 Å². The van der Waals surface area contributed by atoms with Crippen molar-refractivity contribution < 1.29 is 17.9 Å². The number of rotatable bonds is 10. The standard InChI is InChI=1S/C20H23N3O5S2/c1-3-27-15-7-9-19(17(14-15)28-4-2)30(25,26)21-11-12-23-20(24)10-8-16(22-23)18-6-5-13-29-18/h5-10,13-14,21H,3-4,11-12H2,1-2H3. The highest BCUT2D eigenvalue weighted by Gasteiger charge is 2.20. The van der Waals surface area contributed by atoms with Crippen LogP contribution >= 0.6 is 11.3 Å². The van der Waals surface area contributed by atoms with Crippen LogP contribution in [0.25, 0.3) is 10.6 Å². The van der Waals surface area contributed by atoms with Gasteiger partial charge in [-0.15, -0.1) is 11.3 Å². The first kappa shape index (κ1) is 22.0. The smallest absolute Gasteiger partial charge is 0.266 e. The van der Waals surface area contributed by atoms with E-state index in [1.807, 2.05) is 24.4 Å². The van der Waals surface area contributed by atoms with Crippen LogP contribution in [0, 0.1) is 0 Å². The molecule has 0 aliphatic rings. The molecule has 160 valence electrons. The predicted molar refractivity (Wildman–Crippen MR) is 116 cm³/mol. The molecule has 1 aromatic carbocycles. The number of sulfonamides is 1. The summed E-state index contributed by atoms with van der Waals surface area (Å²) < 4.78 is 40.2. The molecule has 0 unspecified atom stereocenters. The number of nitrogens with zero attached hydrogens (tertiary/aromatic N) is 2. The van der Waals surface area contributed by atoms with Gasteiger partial charge in [0.2, 0.25) is 10.0 Å². The zero-order valence-electron chi connectivity index (χ0n) is 16.7. The average Bonchev–Trinajstić information content (AvgIpc) is 3.25. The van der Waals surface area contributed by atoms with E-state index < -0.39 is 10.0 Å². The van der Waals surface area contributed by atoms with E-state index in [1.165, 1.54) is 28.2 Å². The maximum Gasteiger partial charge on any atom is 0.266 e. The van der Waals surface area contributed by atoms with Crippen molar-refractivity contribution in [2.75, 3.05) is 19.8 Å². The molecule has 0 atom stereocenters. The van der Waals surface area contributed by atoms with Crippen molar-refractivity contribution in [3.63, 3.8) is 0 Å². The normalized spacial score (nSPS) is 11.4. The van der Waals surface area contributed by atoms with Gasteiger partial charge in [-0.1, -0.05) is 6.07 Å². The van der Waals surface area contributed by atoms with Crippen LogP contribution < -0.4 is 19.8 Å². The van der Waals surface area contributed by atoms with Gasteiger partial charge in [0.1, 0.15) is 22.1 Å². The van der Waals surface area contributed by atoms with Crippen LogP contribution in [0.15, 0.2) is 57.5 Å². The summed E-state index contributed by atoms with van der Waals surface area (Å²) in [6.45, 7) is 4.49. The molecule has 8 nitrogen and oxygen atoms in total. The molecule has 0 aliphatic carbocycles. The summed E-state index contributed by atoms with van der Waals surface area (Å²) in [5, 5.41) is 6.25. The Labute approximate surface area is 179 Å². The Morgan fingerprint density at radius 2 is 1.90 bits per heavy atom. The third kappa shape index (κ3) is 5.26. The van der Waals surface area contributed by atoms with Crippen LogP contribution in [0.2, 0.25) is 0 Å². The van der Waals surface area contributed by atoms with Crippen molar-refractivity contribution in [3.05, 3.63) is 58.2 Å². The van der Waals surface area contributed by atoms with E-state index in [-0.39, 0.29) is 29.3 Å². The number of hydrogen-bond donors (Lipinski definition) is 1. The van der Waals surface area contributed by atoms with Crippen LogP contribution in [-0.4, -0.2) is 38.0 Å². The zero-order chi connectivity index (χ0) is 21.6. The first-order valence-electron chi connectivity index (χ1n) is 9.46. The molecule has 2 aromatic heterocycles. The fraction of sp³-hybridized carbons (Fsp3) is 0.300. The molecule has 0 radical (unpaired) electrons. The molecule has 0 saturated heterocycles. The van der Waals surface area contributed by atoms with Gasteiger partial charge < -0.3 is 9.47 Å². The number of hydrogen-bond acceptors (Lipinski definition) is 7. The molecule has 2 heterocycles. The van der Waals surface area contributed by atoms with Crippen LogP contribution in [0.5, 0.6) is 11.5 Å². The molecule has 0 amide bonds. The second kappa shape index (κ2) is 9.88. The van der Waals surface area contributed by atoms with Crippen molar-refractivity contribution in [3.8, 4) is 22.1 Å². The van der Waals surface area contributed by atoms with Crippen molar-refractivity contribution in [2.45, 2.75) is 25.3 Å². The Hall–Kier alpha value is -2.69. The Morgan fingerprint density at radius 1 is 1.10 bits per heavy atom. The van der Waals surface area contributed by atoms with Crippen molar-refractivity contribution in [1.82, 2.24) is 14.5 Å². The lowest BCUT2D eigenvalue weighted by molar-refractivity contribution is 0.317. The van der Waals surface area contributed by atoms with E-state index in [2.05, 4.69) is 9.82 Å². The van der Waals surface area contributed by atoms with Crippen LogP contribution in [-0.2, 0) is 16.6 Å². The number of aromatic nitrogens is 2. The van der Waals surface area contributed by atoms with Crippen molar-refractivity contribution in [1.29, 1.82) is 0 Å². The van der Waals surface area contributed by atoms with Gasteiger partial charge in [-0.2, -0.15) is 5.10 Å². The summed E-state index contributed by atoms with van der Waals surface area (Å²) in [4.78, 5) is 13.0. The average molecular weight is 450 g/mol. The third-order valence-corrected chi connectivity index (χ3v) is 6.46.